The molecule has 1 N–H and O–H groups in total. The van der Waals surface area contributed by atoms with Crippen molar-refractivity contribution in [2.24, 2.45) is 0 Å². The second-order valence-corrected chi connectivity index (χ2v) is 5.64. The third kappa shape index (κ3) is 1.76. The van der Waals surface area contributed by atoms with E-state index in [0.29, 0.717) is 10.7 Å². The number of hydrogen-bond donors (Lipinski definition) is 1. The minimum Gasteiger partial charge on any atom is -0.323 e. The maximum absolute atomic E-state index is 12.7. The molecule has 0 bridgehead atoms. The molecule has 0 aromatic heterocycles. The van der Waals surface area contributed by atoms with E-state index < -0.39 is 0 Å². The Bertz CT molecular complexity index is 770. The Morgan fingerprint density at radius 3 is 2.62 bits per heavy atom. The molecule has 0 saturated heterocycles. The summed E-state index contributed by atoms with van der Waals surface area (Å²) in [5, 5.41) is 3.45. The molecule has 1 atom stereocenters. The minimum atomic E-state index is -0.370. The summed E-state index contributed by atoms with van der Waals surface area (Å²) in [7, 11) is 0. The van der Waals surface area contributed by atoms with Crippen LogP contribution in [-0.2, 0) is 9.59 Å². The maximum Gasteiger partial charge on any atom is 0.244 e. The molecule has 2 amide bonds. The predicted molar refractivity (Wildman–Crippen MR) is 80.7 cm³/mol. The molecule has 0 aliphatic carbocycles. The van der Waals surface area contributed by atoms with Gasteiger partial charge in [0.2, 0.25) is 11.8 Å². The summed E-state index contributed by atoms with van der Waals surface area (Å²) in [6, 6.07) is 12.9. The molecule has 2 aliphatic rings. The van der Waals surface area contributed by atoms with E-state index >= 15 is 0 Å². The molecule has 21 heavy (non-hydrogen) atoms. The van der Waals surface area contributed by atoms with Crippen molar-refractivity contribution >= 4 is 34.8 Å². The Morgan fingerprint density at radius 2 is 1.86 bits per heavy atom. The van der Waals surface area contributed by atoms with E-state index in [2.05, 4.69) is 5.32 Å². The van der Waals surface area contributed by atoms with Crippen LogP contribution in [-0.4, -0.2) is 18.4 Å². The van der Waals surface area contributed by atoms with Gasteiger partial charge in [-0.2, -0.15) is 0 Å². The fraction of sp³-hybridized carbons (Fsp3) is 0.125. The Kier molecular flexibility index (Phi) is 2.56. The summed E-state index contributed by atoms with van der Waals surface area (Å²) < 4.78 is 0. The lowest BCUT2D eigenvalue weighted by atomic mass is 9.92. The van der Waals surface area contributed by atoms with Crippen molar-refractivity contribution in [2.75, 3.05) is 16.8 Å². The molecule has 0 saturated carbocycles. The van der Waals surface area contributed by atoms with Crippen LogP contribution in [0.15, 0.2) is 42.5 Å². The number of carbonyl (C=O) groups is 2. The van der Waals surface area contributed by atoms with Gasteiger partial charge in [0.25, 0.3) is 0 Å². The van der Waals surface area contributed by atoms with E-state index in [1.54, 1.807) is 17.0 Å². The van der Waals surface area contributed by atoms with Crippen molar-refractivity contribution in [2.45, 2.75) is 5.92 Å². The smallest absolute Gasteiger partial charge is 0.244 e. The van der Waals surface area contributed by atoms with E-state index in [9.17, 15) is 9.59 Å². The van der Waals surface area contributed by atoms with Crippen LogP contribution in [0.2, 0.25) is 5.02 Å². The molecule has 2 aliphatic heterocycles. The first-order valence-corrected chi connectivity index (χ1v) is 7.02. The van der Waals surface area contributed by atoms with Gasteiger partial charge in [-0.25, -0.2) is 0 Å². The second kappa shape index (κ2) is 4.33. The van der Waals surface area contributed by atoms with Crippen molar-refractivity contribution < 1.29 is 9.59 Å². The summed E-state index contributed by atoms with van der Waals surface area (Å²) in [6.07, 6.45) is 0. The summed E-state index contributed by atoms with van der Waals surface area (Å²) >= 11 is 5.92. The molecular formula is C16H11ClN2O2. The normalized spacial score (nSPS) is 19.5. The lowest BCUT2D eigenvalue weighted by Gasteiger charge is -2.25. The van der Waals surface area contributed by atoms with Gasteiger partial charge in [-0.05, 0) is 29.3 Å². The Morgan fingerprint density at radius 1 is 1.10 bits per heavy atom. The Balaban J connectivity index is 1.89. The van der Waals surface area contributed by atoms with Gasteiger partial charge in [0.15, 0.2) is 0 Å². The second-order valence-electron chi connectivity index (χ2n) is 5.20. The quantitative estimate of drug-likeness (QED) is 0.880. The topological polar surface area (TPSA) is 49.4 Å². The van der Waals surface area contributed by atoms with Crippen LogP contribution >= 0.6 is 11.6 Å². The van der Waals surface area contributed by atoms with Gasteiger partial charge in [-0.3, -0.25) is 14.5 Å². The van der Waals surface area contributed by atoms with Crippen molar-refractivity contribution in [3.05, 3.63) is 58.6 Å². The summed E-state index contributed by atoms with van der Waals surface area (Å²) in [4.78, 5) is 26.0. The Hall–Kier alpha value is -2.33. The minimum absolute atomic E-state index is 0.0605. The number of hydrogen-bond acceptors (Lipinski definition) is 2. The van der Waals surface area contributed by atoms with E-state index in [0.717, 1.165) is 16.8 Å². The molecule has 5 heteroatoms. The monoisotopic (exact) mass is 298 g/mol. The maximum atomic E-state index is 12.7. The van der Waals surface area contributed by atoms with Gasteiger partial charge in [0, 0.05) is 5.02 Å². The fourth-order valence-electron chi connectivity index (χ4n) is 3.06. The highest BCUT2D eigenvalue weighted by atomic mass is 35.5. The highest BCUT2D eigenvalue weighted by Crippen LogP contribution is 2.46. The number of benzene rings is 2. The van der Waals surface area contributed by atoms with Crippen LogP contribution in [0.3, 0.4) is 0 Å². The van der Waals surface area contributed by atoms with Crippen LogP contribution in [0.4, 0.5) is 11.4 Å². The zero-order valence-electron chi connectivity index (χ0n) is 11.0. The van der Waals surface area contributed by atoms with Gasteiger partial charge in [0.05, 0.1) is 17.3 Å². The Labute approximate surface area is 126 Å². The average Bonchev–Trinajstić information content (AvgIpc) is 2.75. The first-order valence-electron chi connectivity index (χ1n) is 6.65. The van der Waals surface area contributed by atoms with E-state index in [1.807, 2.05) is 30.3 Å². The number of amides is 2. The number of halogens is 1. The molecule has 0 spiro atoms. The average molecular weight is 299 g/mol. The number of anilines is 2. The fourth-order valence-corrected chi connectivity index (χ4v) is 3.19. The summed E-state index contributed by atoms with van der Waals surface area (Å²) in [6.45, 7) is 0.0763. The van der Waals surface area contributed by atoms with Crippen LogP contribution in [0.25, 0.3) is 0 Å². The number of carbonyl (C=O) groups excluding carboxylic acids is 2. The van der Waals surface area contributed by atoms with Gasteiger partial charge in [-0.15, -0.1) is 0 Å². The molecule has 2 aromatic carbocycles. The van der Waals surface area contributed by atoms with Gasteiger partial charge in [0.1, 0.15) is 6.54 Å². The molecule has 104 valence electrons. The zero-order valence-corrected chi connectivity index (χ0v) is 11.7. The highest BCUT2D eigenvalue weighted by Gasteiger charge is 2.42. The number of rotatable bonds is 1. The van der Waals surface area contributed by atoms with E-state index in [1.165, 1.54) is 0 Å². The largest absolute Gasteiger partial charge is 0.323 e. The van der Waals surface area contributed by atoms with E-state index in [-0.39, 0.29) is 24.3 Å². The molecule has 2 aromatic rings. The standard InChI is InChI=1S/C16H11ClN2O2/c17-10-6-4-9(5-7-10)14-11-2-1-3-12-15(11)19(16(14)21)8-13(20)18-12/h1-7,14H,8H2,(H,18,20). The van der Waals surface area contributed by atoms with Crippen molar-refractivity contribution in [1.82, 2.24) is 0 Å². The molecule has 1 unspecified atom stereocenters. The van der Waals surface area contributed by atoms with Crippen LogP contribution in [0.5, 0.6) is 0 Å². The first-order chi connectivity index (χ1) is 10.1. The molecule has 0 fully saturated rings. The third-order valence-corrected chi connectivity index (χ3v) is 4.19. The molecule has 4 rings (SSSR count). The summed E-state index contributed by atoms with van der Waals surface area (Å²) in [5.74, 6) is -0.593. The van der Waals surface area contributed by atoms with Gasteiger partial charge < -0.3 is 5.32 Å². The number of para-hydroxylation sites is 1. The van der Waals surface area contributed by atoms with Crippen LogP contribution in [0, 0.1) is 0 Å². The van der Waals surface area contributed by atoms with Gasteiger partial charge in [-0.1, -0.05) is 35.9 Å². The van der Waals surface area contributed by atoms with Crippen molar-refractivity contribution in [1.29, 1.82) is 0 Å². The first kappa shape index (κ1) is 12.4. The SMILES string of the molecule is O=C1CN2C(=O)C(c3ccc(Cl)cc3)c3cccc(c32)N1. The molecule has 4 nitrogen and oxygen atoms in total. The van der Waals surface area contributed by atoms with Gasteiger partial charge >= 0.3 is 0 Å². The highest BCUT2D eigenvalue weighted by molar-refractivity contribution is 6.30. The third-order valence-electron chi connectivity index (χ3n) is 3.94. The predicted octanol–water partition coefficient (Wildman–Crippen LogP) is 2.77. The van der Waals surface area contributed by atoms with Crippen LogP contribution in [0.1, 0.15) is 17.0 Å². The molecule has 0 radical (unpaired) electrons. The lowest BCUT2D eigenvalue weighted by molar-refractivity contribution is -0.121. The zero-order chi connectivity index (χ0) is 14.6. The summed E-state index contributed by atoms with van der Waals surface area (Å²) in [5.41, 5.74) is 3.34. The van der Waals surface area contributed by atoms with Crippen molar-refractivity contribution in [3.8, 4) is 0 Å². The number of nitrogens with zero attached hydrogens (tertiary/aromatic N) is 1. The van der Waals surface area contributed by atoms with E-state index in [4.69, 9.17) is 11.6 Å². The molecular weight excluding hydrogens is 288 g/mol. The van der Waals surface area contributed by atoms with Crippen molar-refractivity contribution in [3.63, 3.8) is 0 Å². The molecule has 2 heterocycles. The lowest BCUT2D eigenvalue weighted by Crippen LogP contribution is -2.40. The van der Waals surface area contributed by atoms with Crippen LogP contribution < -0.4 is 10.2 Å². The number of nitrogens with one attached hydrogen (secondary N) is 1.